The topological polar surface area (TPSA) is 59.6 Å². The van der Waals surface area contributed by atoms with E-state index >= 15 is 0 Å². The van der Waals surface area contributed by atoms with Gasteiger partial charge in [-0.25, -0.2) is 4.79 Å². The summed E-state index contributed by atoms with van der Waals surface area (Å²) in [5.74, 6) is 2.04. The lowest BCUT2D eigenvalue weighted by molar-refractivity contribution is 0.174. The molecule has 0 saturated carbocycles. The fourth-order valence-electron chi connectivity index (χ4n) is 2.11. The molecule has 0 aromatic heterocycles. The molecule has 5 nitrogen and oxygen atoms in total. The average molecular weight is 278 g/mol. The molecule has 0 aliphatic carbocycles. The van der Waals surface area contributed by atoms with Gasteiger partial charge in [0.2, 0.25) is 6.79 Å². The molecule has 1 aromatic carbocycles. The summed E-state index contributed by atoms with van der Waals surface area (Å²) in [5.41, 5.74) is 0.993. The smallest absolute Gasteiger partial charge is 0.315 e. The van der Waals surface area contributed by atoms with Gasteiger partial charge in [0.1, 0.15) is 0 Å². The molecule has 2 amide bonds. The van der Waals surface area contributed by atoms with Gasteiger partial charge in [0.05, 0.1) is 0 Å². The Kier molecular flexibility index (Phi) is 5.09. The summed E-state index contributed by atoms with van der Waals surface area (Å²) in [6.45, 7) is 5.74. The number of carbonyl (C=O) groups is 1. The number of hydrogen-bond acceptors (Lipinski definition) is 3. The Labute approximate surface area is 119 Å². The first kappa shape index (κ1) is 14.5. The first-order valence-corrected chi connectivity index (χ1v) is 7.13. The van der Waals surface area contributed by atoms with Gasteiger partial charge in [-0.3, -0.25) is 0 Å². The van der Waals surface area contributed by atoms with E-state index in [4.69, 9.17) is 9.47 Å². The summed E-state index contributed by atoms with van der Waals surface area (Å²) in [4.78, 5) is 11.7. The van der Waals surface area contributed by atoms with Crippen molar-refractivity contribution >= 4 is 6.03 Å². The van der Waals surface area contributed by atoms with E-state index < -0.39 is 0 Å². The van der Waals surface area contributed by atoms with Crippen LogP contribution in [0.4, 0.5) is 4.79 Å². The van der Waals surface area contributed by atoms with Gasteiger partial charge >= 0.3 is 6.03 Å². The van der Waals surface area contributed by atoms with Crippen LogP contribution in [0.3, 0.4) is 0 Å². The molecule has 1 aliphatic rings. The van der Waals surface area contributed by atoms with Crippen LogP contribution in [-0.2, 0) is 6.54 Å². The fraction of sp³-hybridized carbons (Fsp3) is 0.533. The van der Waals surface area contributed by atoms with Crippen LogP contribution in [0.15, 0.2) is 18.2 Å². The van der Waals surface area contributed by atoms with Crippen molar-refractivity contribution in [2.45, 2.75) is 33.2 Å². The van der Waals surface area contributed by atoms with Gasteiger partial charge in [0.15, 0.2) is 11.5 Å². The van der Waals surface area contributed by atoms with Crippen LogP contribution < -0.4 is 20.1 Å². The van der Waals surface area contributed by atoms with E-state index in [2.05, 4.69) is 24.5 Å². The van der Waals surface area contributed by atoms with Crippen LogP contribution in [0.2, 0.25) is 0 Å². The molecule has 2 rings (SSSR count). The van der Waals surface area contributed by atoms with Crippen LogP contribution in [0, 0.1) is 5.92 Å². The van der Waals surface area contributed by atoms with Crippen molar-refractivity contribution < 1.29 is 14.3 Å². The highest BCUT2D eigenvalue weighted by Crippen LogP contribution is 2.32. The fourth-order valence-corrected chi connectivity index (χ4v) is 2.11. The molecule has 1 aliphatic heterocycles. The molecule has 0 bridgehead atoms. The number of nitrogens with one attached hydrogen (secondary N) is 2. The second kappa shape index (κ2) is 7.03. The first-order chi connectivity index (χ1) is 9.72. The van der Waals surface area contributed by atoms with E-state index in [1.165, 1.54) is 0 Å². The zero-order valence-electron chi connectivity index (χ0n) is 12.1. The maximum Gasteiger partial charge on any atom is 0.315 e. The zero-order chi connectivity index (χ0) is 14.4. The standard InChI is InChI=1S/C15H22N2O3/c1-3-11(4-2)8-16-15(18)17-9-12-5-6-13-14(7-12)20-10-19-13/h5-7,11H,3-4,8-10H2,1-2H3,(H2,16,17,18). The SMILES string of the molecule is CCC(CC)CNC(=O)NCc1ccc2c(c1)OCO2. The predicted octanol–water partition coefficient (Wildman–Crippen LogP) is 2.65. The Balaban J connectivity index is 1.76. The van der Waals surface area contributed by atoms with Gasteiger partial charge < -0.3 is 20.1 Å². The summed E-state index contributed by atoms with van der Waals surface area (Å²) in [6.07, 6.45) is 2.16. The Bertz CT molecular complexity index is 458. The summed E-state index contributed by atoms with van der Waals surface area (Å²) >= 11 is 0. The lowest BCUT2D eigenvalue weighted by Gasteiger charge is -2.14. The molecule has 0 spiro atoms. The molecular formula is C15H22N2O3. The molecule has 0 atom stereocenters. The maximum atomic E-state index is 11.7. The average Bonchev–Trinajstić information content (AvgIpc) is 2.93. The number of benzene rings is 1. The van der Waals surface area contributed by atoms with Crippen LogP contribution in [0.1, 0.15) is 32.3 Å². The van der Waals surface area contributed by atoms with Crippen molar-refractivity contribution in [2.24, 2.45) is 5.92 Å². The van der Waals surface area contributed by atoms with Crippen molar-refractivity contribution in [3.05, 3.63) is 23.8 Å². The van der Waals surface area contributed by atoms with Gasteiger partial charge in [-0.15, -0.1) is 0 Å². The van der Waals surface area contributed by atoms with Crippen LogP contribution in [0.5, 0.6) is 11.5 Å². The minimum absolute atomic E-state index is 0.130. The van der Waals surface area contributed by atoms with Crippen molar-refractivity contribution in [2.75, 3.05) is 13.3 Å². The molecule has 0 radical (unpaired) electrons. The Morgan fingerprint density at radius 1 is 1.20 bits per heavy atom. The third-order valence-electron chi connectivity index (χ3n) is 3.60. The molecule has 20 heavy (non-hydrogen) atoms. The third kappa shape index (κ3) is 3.79. The Morgan fingerprint density at radius 3 is 2.70 bits per heavy atom. The highest BCUT2D eigenvalue weighted by Gasteiger charge is 2.13. The lowest BCUT2D eigenvalue weighted by atomic mass is 10.0. The summed E-state index contributed by atoms with van der Waals surface area (Å²) < 4.78 is 10.6. The molecule has 110 valence electrons. The largest absolute Gasteiger partial charge is 0.454 e. The molecule has 1 aromatic rings. The van der Waals surface area contributed by atoms with Crippen LogP contribution >= 0.6 is 0 Å². The molecule has 0 unspecified atom stereocenters. The molecule has 0 fully saturated rings. The monoisotopic (exact) mass is 278 g/mol. The number of urea groups is 1. The maximum absolute atomic E-state index is 11.7. The summed E-state index contributed by atoms with van der Waals surface area (Å²) in [5, 5.41) is 5.75. The number of hydrogen-bond donors (Lipinski definition) is 2. The second-order valence-electron chi connectivity index (χ2n) is 4.93. The van der Waals surface area contributed by atoms with Crippen molar-refractivity contribution in [1.82, 2.24) is 10.6 Å². The Morgan fingerprint density at radius 2 is 1.95 bits per heavy atom. The van der Waals surface area contributed by atoms with Crippen molar-refractivity contribution in [1.29, 1.82) is 0 Å². The van der Waals surface area contributed by atoms with Crippen LogP contribution in [-0.4, -0.2) is 19.4 Å². The molecule has 2 N–H and O–H groups in total. The van der Waals surface area contributed by atoms with Crippen molar-refractivity contribution in [3.8, 4) is 11.5 Å². The number of fused-ring (bicyclic) bond motifs is 1. The van der Waals surface area contributed by atoms with Gasteiger partial charge in [0.25, 0.3) is 0 Å². The minimum atomic E-state index is -0.130. The van der Waals surface area contributed by atoms with Crippen molar-refractivity contribution in [3.63, 3.8) is 0 Å². The highest BCUT2D eigenvalue weighted by atomic mass is 16.7. The number of rotatable bonds is 6. The normalized spacial score (nSPS) is 12.6. The van der Waals surface area contributed by atoms with Gasteiger partial charge in [-0.05, 0) is 23.6 Å². The van der Waals surface area contributed by atoms with E-state index in [9.17, 15) is 4.79 Å². The second-order valence-corrected chi connectivity index (χ2v) is 4.93. The molecular weight excluding hydrogens is 256 g/mol. The van der Waals surface area contributed by atoms with E-state index in [1.54, 1.807) is 0 Å². The van der Waals surface area contributed by atoms with E-state index in [0.29, 0.717) is 12.5 Å². The van der Waals surface area contributed by atoms with Gasteiger partial charge in [-0.2, -0.15) is 0 Å². The summed E-state index contributed by atoms with van der Waals surface area (Å²) in [7, 11) is 0. The molecule has 5 heteroatoms. The number of ether oxygens (including phenoxy) is 2. The molecule has 0 saturated heterocycles. The molecule has 1 heterocycles. The van der Waals surface area contributed by atoms with Crippen LogP contribution in [0.25, 0.3) is 0 Å². The number of carbonyl (C=O) groups excluding carboxylic acids is 1. The highest BCUT2D eigenvalue weighted by molar-refractivity contribution is 5.73. The first-order valence-electron chi connectivity index (χ1n) is 7.13. The Hall–Kier alpha value is -1.91. The summed E-state index contributed by atoms with van der Waals surface area (Å²) in [6, 6.07) is 5.55. The zero-order valence-corrected chi connectivity index (χ0v) is 12.1. The van der Waals surface area contributed by atoms with E-state index in [0.717, 1.165) is 36.4 Å². The lowest BCUT2D eigenvalue weighted by Crippen LogP contribution is -2.37. The quantitative estimate of drug-likeness (QED) is 0.841. The predicted molar refractivity (Wildman–Crippen MR) is 76.9 cm³/mol. The van der Waals surface area contributed by atoms with E-state index in [-0.39, 0.29) is 12.8 Å². The number of amides is 2. The van der Waals surface area contributed by atoms with Gasteiger partial charge in [0, 0.05) is 13.1 Å². The van der Waals surface area contributed by atoms with Gasteiger partial charge in [-0.1, -0.05) is 32.8 Å². The third-order valence-corrected chi connectivity index (χ3v) is 3.60. The van der Waals surface area contributed by atoms with E-state index in [1.807, 2.05) is 18.2 Å². The minimum Gasteiger partial charge on any atom is -0.454 e.